The van der Waals surface area contributed by atoms with E-state index in [1.54, 1.807) is 18.5 Å². The number of hydrogen-bond donors (Lipinski definition) is 0. The van der Waals surface area contributed by atoms with Crippen molar-refractivity contribution in [3.63, 3.8) is 0 Å². The van der Waals surface area contributed by atoms with E-state index in [0.717, 1.165) is 10.5 Å². The maximum atomic E-state index is 12.7. The van der Waals surface area contributed by atoms with Gasteiger partial charge in [-0.1, -0.05) is 48.5 Å². The summed E-state index contributed by atoms with van der Waals surface area (Å²) in [5.41, 5.74) is 0.979. The predicted octanol–water partition coefficient (Wildman–Crippen LogP) is 4.06. The van der Waals surface area contributed by atoms with Crippen LogP contribution in [-0.2, 0) is 0 Å². The van der Waals surface area contributed by atoms with Gasteiger partial charge in [0.05, 0.1) is 0 Å². The molecule has 21 heavy (non-hydrogen) atoms. The summed E-state index contributed by atoms with van der Waals surface area (Å²) in [6.07, 6.45) is 3.30. The van der Waals surface area contributed by atoms with Crippen molar-refractivity contribution in [1.82, 2.24) is 9.78 Å². The zero-order chi connectivity index (χ0) is 14.5. The van der Waals surface area contributed by atoms with Gasteiger partial charge in [-0.3, -0.25) is 4.79 Å². The van der Waals surface area contributed by atoms with Crippen molar-refractivity contribution in [2.24, 2.45) is 0 Å². The predicted molar refractivity (Wildman–Crippen MR) is 84.3 cm³/mol. The van der Waals surface area contributed by atoms with Crippen molar-refractivity contribution in [3.05, 3.63) is 84.7 Å². The summed E-state index contributed by atoms with van der Waals surface area (Å²) in [7, 11) is 0. The van der Waals surface area contributed by atoms with E-state index in [1.165, 1.54) is 16.4 Å². The molecule has 104 valence electrons. The molecule has 3 aromatic rings. The molecule has 1 aromatic heterocycles. The lowest BCUT2D eigenvalue weighted by Crippen LogP contribution is -2.18. The van der Waals surface area contributed by atoms with Crippen molar-refractivity contribution < 1.29 is 4.79 Å². The van der Waals surface area contributed by atoms with Crippen LogP contribution in [0, 0.1) is 0 Å². The highest BCUT2D eigenvalue weighted by Gasteiger charge is 2.23. The van der Waals surface area contributed by atoms with Crippen LogP contribution in [0.1, 0.15) is 15.6 Å². The summed E-state index contributed by atoms with van der Waals surface area (Å²) in [5, 5.41) is 3.75. The molecule has 3 nitrogen and oxygen atoms in total. The molecule has 0 unspecified atom stereocenters. The molecule has 0 aliphatic rings. The molecule has 0 bridgehead atoms. The molecule has 4 heteroatoms. The highest BCUT2D eigenvalue weighted by molar-refractivity contribution is 8.00. The first-order valence-corrected chi connectivity index (χ1v) is 7.53. The van der Waals surface area contributed by atoms with Crippen LogP contribution >= 0.6 is 11.8 Å². The SMILES string of the molecule is O=C([C@@H](Sc1ccccc1)c1ccccc1)n1cccn1. The molecule has 0 amide bonds. The molecule has 0 saturated carbocycles. The first kappa shape index (κ1) is 13.6. The van der Waals surface area contributed by atoms with Crippen LogP contribution in [0.2, 0.25) is 0 Å². The molecule has 2 aromatic carbocycles. The van der Waals surface area contributed by atoms with Gasteiger partial charge in [-0.05, 0) is 23.8 Å². The van der Waals surface area contributed by atoms with Crippen molar-refractivity contribution in [1.29, 1.82) is 0 Å². The Kier molecular flexibility index (Phi) is 4.17. The van der Waals surface area contributed by atoms with Crippen LogP contribution in [0.4, 0.5) is 0 Å². The van der Waals surface area contributed by atoms with E-state index in [2.05, 4.69) is 5.10 Å². The van der Waals surface area contributed by atoms with Gasteiger partial charge in [-0.2, -0.15) is 5.10 Å². The third-order valence-electron chi connectivity index (χ3n) is 3.05. The molecule has 0 aliphatic carbocycles. The fraction of sp³-hybridized carbons (Fsp3) is 0.0588. The quantitative estimate of drug-likeness (QED) is 0.681. The Morgan fingerprint density at radius 3 is 2.24 bits per heavy atom. The first-order chi connectivity index (χ1) is 10.3. The van der Waals surface area contributed by atoms with Gasteiger partial charge in [0.25, 0.3) is 5.91 Å². The summed E-state index contributed by atoms with van der Waals surface area (Å²) >= 11 is 1.54. The van der Waals surface area contributed by atoms with Gasteiger partial charge >= 0.3 is 0 Å². The Bertz CT molecular complexity index is 696. The normalized spacial score (nSPS) is 12.0. The molecule has 0 aliphatic heterocycles. The lowest BCUT2D eigenvalue weighted by Gasteiger charge is -2.15. The third-order valence-corrected chi connectivity index (χ3v) is 4.31. The molecule has 0 saturated heterocycles. The Balaban J connectivity index is 1.93. The molecule has 3 rings (SSSR count). The van der Waals surface area contributed by atoms with Crippen molar-refractivity contribution >= 4 is 17.7 Å². The largest absolute Gasteiger partial charge is 0.271 e. The van der Waals surface area contributed by atoms with Gasteiger partial charge in [-0.15, -0.1) is 11.8 Å². The maximum absolute atomic E-state index is 12.7. The van der Waals surface area contributed by atoms with Gasteiger partial charge < -0.3 is 0 Å². The van der Waals surface area contributed by atoms with Crippen LogP contribution < -0.4 is 0 Å². The van der Waals surface area contributed by atoms with Gasteiger partial charge in [0.2, 0.25) is 0 Å². The van der Waals surface area contributed by atoms with E-state index in [-0.39, 0.29) is 11.2 Å². The molecular formula is C17H14N2OS. The Hall–Kier alpha value is -2.33. The Morgan fingerprint density at radius 1 is 0.952 bits per heavy atom. The minimum absolute atomic E-state index is 0.0416. The highest BCUT2D eigenvalue weighted by Crippen LogP contribution is 2.36. The molecule has 0 spiro atoms. The van der Waals surface area contributed by atoms with Crippen LogP contribution in [0.15, 0.2) is 84.0 Å². The number of rotatable bonds is 4. The fourth-order valence-corrected chi connectivity index (χ4v) is 3.13. The number of benzene rings is 2. The number of carbonyl (C=O) groups is 1. The number of hydrogen-bond acceptors (Lipinski definition) is 3. The number of aromatic nitrogens is 2. The van der Waals surface area contributed by atoms with E-state index >= 15 is 0 Å². The second kappa shape index (κ2) is 6.41. The second-order valence-electron chi connectivity index (χ2n) is 4.51. The van der Waals surface area contributed by atoms with Gasteiger partial charge in [0, 0.05) is 17.3 Å². The monoisotopic (exact) mass is 294 g/mol. The summed E-state index contributed by atoms with van der Waals surface area (Å²) < 4.78 is 1.40. The molecular weight excluding hydrogens is 280 g/mol. The minimum atomic E-state index is -0.312. The van der Waals surface area contributed by atoms with Crippen molar-refractivity contribution in [3.8, 4) is 0 Å². The highest BCUT2D eigenvalue weighted by atomic mass is 32.2. The number of nitrogens with zero attached hydrogens (tertiary/aromatic N) is 2. The molecule has 0 fully saturated rings. The average molecular weight is 294 g/mol. The fourth-order valence-electron chi connectivity index (χ4n) is 2.04. The van der Waals surface area contributed by atoms with Gasteiger partial charge in [0.15, 0.2) is 0 Å². The second-order valence-corrected chi connectivity index (χ2v) is 5.69. The lowest BCUT2D eigenvalue weighted by atomic mass is 10.1. The van der Waals surface area contributed by atoms with E-state index in [4.69, 9.17) is 0 Å². The van der Waals surface area contributed by atoms with Gasteiger partial charge in [0.1, 0.15) is 5.25 Å². The zero-order valence-corrected chi connectivity index (χ0v) is 12.1. The van der Waals surface area contributed by atoms with Crippen LogP contribution in [0.3, 0.4) is 0 Å². The number of thioether (sulfide) groups is 1. The first-order valence-electron chi connectivity index (χ1n) is 6.65. The minimum Gasteiger partial charge on any atom is -0.271 e. The summed E-state index contributed by atoms with van der Waals surface area (Å²) in [6.45, 7) is 0. The zero-order valence-electron chi connectivity index (χ0n) is 11.3. The van der Waals surface area contributed by atoms with Crippen LogP contribution in [-0.4, -0.2) is 15.7 Å². The molecule has 0 N–H and O–H groups in total. The summed E-state index contributed by atoms with van der Waals surface area (Å²) in [5.74, 6) is -0.0416. The standard InChI is InChI=1S/C17H14N2OS/c20-17(19-13-7-12-18-19)16(14-8-3-1-4-9-14)21-15-10-5-2-6-11-15/h1-13,16H/t16-/m0/s1. The Morgan fingerprint density at radius 2 is 1.62 bits per heavy atom. The van der Waals surface area contributed by atoms with Crippen molar-refractivity contribution in [2.75, 3.05) is 0 Å². The molecule has 1 atom stereocenters. The van der Waals surface area contributed by atoms with Crippen LogP contribution in [0.5, 0.6) is 0 Å². The number of carbonyl (C=O) groups excluding carboxylic acids is 1. The van der Waals surface area contributed by atoms with E-state index < -0.39 is 0 Å². The van der Waals surface area contributed by atoms with E-state index in [9.17, 15) is 4.79 Å². The maximum Gasteiger partial charge on any atom is 0.264 e. The molecule has 1 heterocycles. The van der Waals surface area contributed by atoms with E-state index in [1.807, 2.05) is 60.7 Å². The van der Waals surface area contributed by atoms with Crippen molar-refractivity contribution in [2.45, 2.75) is 10.1 Å². The third kappa shape index (κ3) is 3.23. The average Bonchev–Trinajstić information content (AvgIpc) is 3.08. The Labute approximate surface area is 127 Å². The lowest BCUT2D eigenvalue weighted by molar-refractivity contribution is 0.0894. The van der Waals surface area contributed by atoms with E-state index in [0.29, 0.717) is 0 Å². The van der Waals surface area contributed by atoms with Gasteiger partial charge in [-0.25, -0.2) is 4.68 Å². The summed E-state index contributed by atoms with van der Waals surface area (Å²) in [4.78, 5) is 13.8. The topological polar surface area (TPSA) is 34.9 Å². The smallest absolute Gasteiger partial charge is 0.264 e. The van der Waals surface area contributed by atoms with Crippen LogP contribution in [0.25, 0.3) is 0 Å². The summed E-state index contributed by atoms with van der Waals surface area (Å²) in [6, 6.07) is 21.5. The molecule has 0 radical (unpaired) electrons.